The summed E-state index contributed by atoms with van der Waals surface area (Å²) in [4.78, 5) is 6.66. The van der Waals surface area contributed by atoms with Gasteiger partial charge < -0.3 is 20.3 Å². The topological polar surface area (TPSA) is 48.9 Å². The van der Waals surface area contributed by atoms with Gasteiger partial charge in [-0.1, -0.05) is 19.3 Å². The first-order valence-corrected chi connectivity index (χ1v) is 8.21. The third-order valence-electron chi connectivity index (χ3n) is 4.36. The maximum Gasteiger partial charge on any atom is 0.191 e. The van der Waals surface area contributed by atoms with E-state index >= 15 is 0 Å². The van der Waals surface area contributed by atoms with Crippen molar-refractivity contribution in [3.63, 3.8) is 0 Å². The van der Waals surface area contributed by atoms with Crippen LogP contribution in [0.5, 0.6) is 0 Å². The number of nitrogens with one attached hydrogen (secondary N) is 2. The molecule has 0 radical (unpaired) electrons. The molecule has 2 unspecified atom stereocenters. The highest BCUT2D eigenvalue weighted by atomic mass is 127. The van der Waals surface area contributed by atoms with Crippen LogP contribution in [0.4, 0.5) is 0 Å². The molecule has 1 rings (SSSR count). The lowest BCUT2D eigenvalue weighted by molar-refractivity contribution is 0.169. The van der Waals surface area contributed by atoms with Crippen molar-refractivity contribution in [3.05, 3.63) is 0 Å². The molecule has 22 heavy (non-hydrogen) atoms. The molecule has 2 atom stereocenters. The predicted molar refractivity (Wildman–Crippen MR) is 105 cm³/mol. The van der Waals surface area contributed by atoms with Crippen molar-refractivity contribution in [3.8, 4) is 0 Å². The molecule has 0 aromatic heterocycles. The van der Waals surface area contributed by atoms with Gasteiger partial charge in [0.1, 0.15) is 0 Å². The van der Waals surface area contributed by atoms with Crippen LogP contribution >= 0.6 is 24.0 Å². The lowest BCUT2D eigenvalue weighted by atomic mass is 9.83. The first-order valence-electron chi connectivity index (χ1n) is 8.21. The smallest absolute Gasteiger partial charge is 0.191 e. The highest BCUT2D eigenvalue weighted by Gasteiger charge is 2.25. The second-order valence-electron chi connectivity index (χ2n) is 6.38. The molecule has 1 saturated carbocycles. The summed E-state index contributed by atoms with van der Waals surface area (Å²) in [5, 5.41) is 6.84. The SMILES string of the molecule is CN=C(NCC(C1CCCCC1)N(C)C)NC(C)COC.I. The molecule has 1 aliphatic carbocycles. The molecule has 0 aromatic rings. The van der Waals surface area contributed by atoms with Crippen LogP contribution in [-0.2, 0) is 4.74 Å². The van der Waals surface area contributed by atoms with Crippen LogP contribution in [0, 0.1) is 5.92 Å². The van der Waals surface area contributed by atoms with E-state index in [1.807, 2.05) is 7.05 Å². The first-order chi connectivity index (χ1) is 10.1. The average Bonchev–Trinajstić information content (AvgIpc) is 2.47. The van der Waals surface area contributed by atoms with Crippen LogP contribution in [0.1, 0.15) is 39.0 Å². The second kappa shape index (κ2) is 12.4. The molecule has 1 fully saturated rings. The average molecular weight is 426 g/mol. The normalized spacial score (nSPS) is 19.5. The van der Waals surface area contributed by atoms with Gasteiger partial charge in [-0.3, -0.25) is 4.99 Å². The van der Waals surface area contributed by atoms with Crippen LogP contribution in [0.2, 0.25) is 0 Å². The monoisotopic (exact) mass is 426 g/mol. The zero-order valence-corrected chi connectivity index (χ0v) is 17.2. The number of hydrogen-bond acceptors (Lipinski definition) is 3. The summed E-state index contributed by atoms with van der Waals surface area (Å²) in [6, 6.07) is 0.829. The van der Waals surface area contributed by atoms with Crippen LogP contribution in [-0.4, -0.2) is 64.3 Å². The Morgan fingerprint density at radius 1 is 1.27 bits per heavy atom. The van der Waals surface area contributed by atoms with Crippen molar-refractivity contribution in [1.82, 2.24) is 15.5 Å². The molecule has 6 heteroatoms. The minimum absolute atomic E-state index is 0. The molecule has 0 spiro atoms. The van der Waals surface area contributed by atoms with Crippen molar-refractivity contribution in [1.29, 1.82) is 0 Å². The molecule has 2 N–H and O–H groups in total. The highest BCUT2D eigenvalue weighted by Crippen LogP contribution is 2.27. The van der Waals surface area contributed by atoms with E-state index in [0.717, 1.165) is 18.4 Å². The number of guanidine groups is 1. The molecule has 0 saturated heterocycles. The number of nitrogens with zero attached hydrogens (tertiary/aromatic N) is 2. The number of hydrogen-bond donors (Lipinski definition) is 2. The van der Waals surface area contributed by atoms with Gasteiger partial charge in [0.05, 0.1) is 6.61 Å². The minimum Gasteiger partial charge on any atom is -0.383 e. The van der Waals surface area contributed by atoms with Crippen molar-refractivity contribution in [2.24, 2.45) is 10.9 Å². The highest BCUT2D eigenvalue weighted by molar-refractivity contribution is 14.0. The Balaban J connectivity index is 0.00000441. The summed E-state index contributed by atoms with van der Waals surface area (Å²) in [6.07, 6.45) is 6.88. The zero-order valence-electron chi connectivity index (χ0n) is 14.9. The second-order valence-corrected chi connectivity index (χ2v) is 6.38. The Labute approximate surface area is 153 Å². The fraction of sp³-hybridized carbons (Fsp3) is 0.938. The van der Waals surface area contributed by atoms with Crippen molar-refractivity contribution >= 4 is 29.9 Å². The predicted octanol–water partition coefficient (Wildman–Crippen LogP) is 2.31. The summed E-state index contributed by atoms with van der Waals surface area (Å²) in [7, 11) is 7.91. The number of likely N-dealkylation sites (N-methyl/N-ethyl adjacent to an activating group) is 1. The van der Waals surface area contributed by atoms with E-state index in [0.29, 0.717) is 12.6 Å². The van der Waals surface area contributed by atoms with Gasteiger partial charge in [0.25, 0.3) is 0 Å². The lowest BCUT2D eigenvalue weighted by Crippen LogP contribution is -2.50. The lowest BCUT2D eigenvalue weighted by Gasteiger charge is -2.35. The quantitative estimate of drug-likeness (QED) is 0.373. The fourth-order valence-electron chi connectivity index (χ4n) is 3.21. The van der Waals surface area contributed by atoms with Crippen LogP contribution in [0.15, 0.2) is 4.99 Å². The molecule has 0 amide bonds. The van der Waals surface area contributed by atoms with Gasteiger partial charge in [-0.15, -0.1) is 24.0 Å². The standard InChI is InChI=1S/C16H34N4O.HI/c1-13(12-21-5)19-16(17-2)18-11-15(20(3)4)14-9-7-6-8-10-14;/h13-15H,6-12H2,1-5H3,(H2,17,18,19);1H. The molecule has 1 aliphatic rings. The van der Waals surface area contributed by atoms with E-state index < -0.39 is 0 Å². The maximum absolute atomic E-state index is 5.15. The van der Waals surface area contributed by atoms with E-state index in [9.17, 15) is 0 Å². The Kier molecular flexibility index (Phi) is 12.3. The Morgan fingerprint density at radius 3 is 2.41 bits per heavy atom. The van der Waals surface area contributed by atoms with Gasteiger partial charge in [0.15, 0.2) is 5.96 Å². The number of rotatable bonds is 7. The van der Waals surface area contributed by atoms with Gasteiger partial charge in [0, 0.05) is 32.8 Å². The van der Waals surface area contributed by atoms with Gasteiger partial charge in [-0.05, 0) is 39.8 Å². The molecule has 0 aromatic carbocycles. The Morgan fingerprint density at radius 2 is 1.91 bits per heavy atom. The van der Waals surface area contributed by atoms with E-state index in [4.69, 9.17) is 4.74 Å². The molecular formula is C16H35IN4O. The number of methoxy groups -OCH3 is 1. The molecule has 0 heterocycles. The molecule has 132 valence electrons. The van der Waals surface area contributed by atoms with Gasteiger partial charge in [-0.2, -0.15) is 0 Å². The summed E-state index contributed by atoms with van der Waals surface area (Å²) in [5.41, 5.74) is 0. The molecular weight excluding hydrogens is 391 g/mol. The Hall–Kier alpha value is -0.0800. The summed E-state index contributed by atoms with van der Waals surface area (Å²) in [5.74, 6) is 1.66. The number of ether oxygens (including phenoxy) is 1. The maximum atomic E-state index is 5.15. The first kappa shape index (κ1) is 21.9. The van der Waals surface area contributed by atoms with Crippen molar-refractivity contribution < 1.29 is 4.74 Å². The largest absolute Gasteiger partial charge is 0.383 e. The third kappa shape index (κ3) is 7.97. The molecule has 0 aliphatic heterocycles. The third-order valence-corrected chi connectivity index (χ3v) is 4.36. The van der Waals surface area contributed by atoms with Gasteiger partial charge in [-0.25, -0.2) is 0 Å². The molecule has 0 bridgehead atoms. The van der Waals surface area contributed by atoms with Crippen molar-refractivity contribution in [2.75, 3.05) is 41.4 Å². The van der Waals surface area contributed by atoms with Crippen LogP contribution in [0.3, 0.4) is 0 Å². The molecule has 5 nitrogen and oxygen atoms in total. The van der Waals surface area contributed by atoms with Crippen LogP contribution in [0.25, 0.3) is 0 Å². The summed E-state index contributed by atoms with van der Waals surface area (Å²) in [6.45, 7) is 3.72. The minimum atomic E-state index is 0. The van der Waals surface area contributed by atoms with E-state index in [-0.39, 0.29) is 30.0 Å². The number of halogens is 1. The van der Waals surface area contributed by atoms with Crippen LogP contribution < -0.4 is 10.6 Å². The Bertz CT molecular complexity index is 307. The van der Waals surface area contributed by atoms with E-state index in [1.54, 1.807) is 7.11 Å². The van der Waals surface area contributed by atoms with E-state index in [1.165, 1.54) is 32.1 Å². The van der Waals surface area contributed by atoms with Gasteiger partial charge >= 0.3 is 0 Å². The van der Waals surface area contributed by atoms with Crippen molar-refractivity contribution in [2.45, 2.75) is 51.1 Å². The summed E-state index contributed by atoms with van der Waals surface area (Å²) >= 11 is 0. The fourth-order valence-corrected chi connectivity index (χ4v) is 3.21. The van der Waals surface area contributed by atoms with Gasteiger partial charge in [0.2, 0.25) is 0 Å². The summed E-state index contributed by atoms with van der Waals surface area (Å²) < 4.78 is 5.15. The zero-order chi connectivity index (χ0) is 15.7. The van der Waals surface area contributed by atoms with E-state index in [2.05, 4.69) is 41.5 Å². The number of aliphatic imine (C=N–C) groups is 1.